The van der Waals surface area contributed by atoms with Gasteiger partial charge in [-0.05, 0) is 42.3 Å². The van der Waals surface area contributed by atoms with Gasteiger partial charge in [-0.3, -0.25) is 14.9 Å². The fraction of sp³-hybridized carbons (Fsp3) is 0.286. The second kappa shape index (κ2) is 9.16. The number of hydrogen-bond donors (Lipinski definition) is 1. The van der Waals surface area contributed by atoms with E-state index in [1.54, 1.807) is 0 Å². The molecule has 0 saturated carbocycles. The van der Waals surface area contributed by atoms with Crippen LogP contribution in [0.4, 0.5) is 18.9 Å². The highest BCUT2D eigenvalue weighted by Crippen LogP contribution is 2.30. The van der Waals surface area contributed by atoms with E-state index >= 15 is 0 Å². The number of halogens is 3. The number of benzene rings is 2. The fourth-order valence-electron chi connectivity index (χ4n) is 2.93. The van der Waals surface area contributed by atoms with Gasteiger partial charge < -0.3 is 9.84 Å². The maximum Gasteiger partial charge on any atom is 0.416 e. The first-order valence-electron chi connectivity index (χ1n) is 9.66. The fourth-order valence-corrected chi connectivity index (χ4v) is 2.93. The van der Waals surface area contributed by atoms with Crippen LogP contribution in [0.25, 0.3) is 11.4 Å². The Morgan fingerprint density at radius 3 is 2.31 bits per heavy atom. The van der Waals surface area contributed by atoms with Gasteiger partial charge >= 0.3 is 6.18 Å². The van der Waals surface area contributed by atoms with Gasteiger partial charge in [0.1, 0.15) is 6.04 Å². The first kappa shape index (κ1) is 22.9. The summed E-state index contributed by atoms with van der Waals surface area (Å²) in [5.74, 6) is -0.405. The molecule has 3 rings (SSSR count). The maximum atomic E-state index is 12.7. The van der Waals surface area contributed by atoms with Crippen LogP contribution >= 0.6 is 0 Å². The molecule has 2 aromatic carbocycles. The van der Waals surface area contributed by atoms with Gasteiger partial charge in [0.05, 0.1) is 10.5 Å². The average Bonchev–Trinajstić information content (AvgIpc) is 3.26. The molecular weight excluding hydrogens is 429 g/mol. The summed E-state index contributed by atoms with van der Waals surface area (Å²) in [6.07, 6.45) is -3.85. The number of aromatic nitrogens is 2. The van der Waals surface area contributed by atoms with E-state index in [1.807, 2.05) is 13.8 Å². The third kappa shape index (κ3) is 5.10. The van der Waals surface area contributed by atoms with E-state index in [2.05, 4.69) is 15.5 Å². The van der Waals surface area contributed by atoms with Crippen molar-refractivity contribution in [3.63, 3.8) is 0 Å². The van der Waals surface area contributed by atoms with Crippen molar-refractivity contribution < 1.29 is 27.4 Å². The van der Waals surface area contributed by atoms with Crippen LogP contribution in [-0.2, 0) is 6.18 Å². The number of nitro benzene ring substituents is 1. The number of rotatable bonds is 7. The van der Waals surface area contributed by atoms with Gasteiger partial charge in [-0.2, -0.15) is 18.2 Å². The Labute approximate surface area is 180 Å². The molecule has 1 amide bonds. The lowest BCUT2D eigenvalue weighted by atomic mass is 9.98. The lowest BCUT2D eigenvalue weighted by Gasteiger charge is -2.21. The first-order valence-corrected chi connectivity index (χ1v) is 9.66. The van der Waals surface area contributed by atoms with Crippen molar-refractivity contribution in [2.24, 2.45) is 5.92 Å². The molecule has 3 aromatic rings. The van der Waals surface area contributed by atoms with Gasteiger partial charge in [-0.15, -0.1) is 0 Å². The van der Waals surface area contributed by atoms with Gasteiger partial charge in [-0.1, -0.05) is 25.4 Å². The van der Waals surface area contributed by atoms with E-state index in [1.165, 1.54) is 24.3 Å². The van der Waals surface area contributed by atoms with Crippen LogP contribution in [0.1, 0.15) is 48.1 Å². The molecule has 0 aliphatic carbocycles. The zero-order valence-electron chi connectivity index (χ0n) is 17.1. The molecule has 32 heavy (non-hydrogen) atoms. The molecule has 0 aliphatic heterocycles. The van der Waals surface area contributed by atoms with Crippen molar-refractivity contribution in [1.82, 2.24) is 15.5 Å². The Balaban J connectivity index is 1.81. The van der Waals surface area contributed by atoms with Crippen molar-refractivity contribution in [3.05, 3.63) is 75.7 Å². The van der Waals surface area contributed by atoms with Crippen LogP contribution in [0.2, 0.25) is 0 Å². The molecule has 1 heterocycles. The van der Waals surface area contributed by atoms with Gasteiger partial charge in [0.25, 0.3) is 11.6 Å². The average molecular weight is 448 g/mol. The molecule has 1 aromatic heterocycles. The summed E-state index contributed by atoms with van der Waals surface area (Å²) in [6, 6.07) is 8.77. The highest BCUT2D eigenvalue weighted by atomic mass is 19.4. The molecular formula is C21H19F3N4O4. The molecule has 0 spiro atoms. The number of alkyl halides is 3. The summed E-state index contributed by atoms with van der Waals surface area (Å²) in [6.45, 7) is 3.75. The van der Waals surface area contributed by atoms with Gasteiger partial charge in [0.15, 0.2) is 0 Å². The smallest absolute Gasteiger partial charge is 0.340 e. The number of hydrogen-bond acceptors (Lipinski definition) is 6. The number of nitro groups is 1. The summed E-state index contributed by atoms with van der Waals surface area (Å²) >= 11 is 0. The number of nitrogens with one attached hydrogen (secondary N) is 1. The van der Waals surface area contributed by atoms with Gasteiger partial charge in [0.2, 0.25) is 11.7 Å². The SMILES string of the molecule is CCC(C)C(NC(=O)c1ccc(C(F)(F)F)cc1)c1nc(-c2ccc([N+](=O)[O-])cc2)no1. The third-order valence-electron chi connectivity index (χ3n) is 5.02. The van der Waals surface area contributed by atoms with Crippen molar-refractivity contribution in [2.45, 2.75) is 32.5 Å². The van der Waals surface area contributed by atoms with Crippen LogP contribution in [-0.4, -0.2) is 21.0 Å². The number of non-ortho nitro benzene ring substituents is 1. The zero-order valence-corrected chi connectivity index (χ0v) is 17.1. The van der Waals surface area contributed by atoms with E-state index in [-0.39, 0.29) is 28.9 Å². The Bertz CT molecular complexity index is 1100. The Morgan fingerprint density at radius 2 is 1.78 bits per heavy atom. The summed E-state index contributed by atoms with van der Waals surface area (Å²) in [5.41, 5.74) is -0.389. The number of carbonyl (C=O) groups is 1. The first-order chi connectivity index (χ1) is 15.1. The molecule has 0 bridgehead atoms. The number of carbonyl (C=O) groups excluding carboxylic acids is 1. The van der Waals surface area contributed by atoms with Crippen LogP contribution in [0, 0.1) is 16.0 Å². The van der Waals surface area contributed by atoms with Crippen molar-refractivity contribution >= 4 is 11.6 Å². The highest BCUT2D eigenvalue weighted by Gasteiger charge is 2.31. The second-order valence-corrected chi connectivity index (χ2v) is 7.17. The van der Waals surface area contributed by atoms with Crippen LogP contribution in [0.3, 0.4) is 0 Å². The summed E-state index contributed by atoms with van der Waals surface area (Å²) < 4.78 is 43.6. The quantitative estimate of drug-likeness (QED) is 0.394. The molecule has 2 atom stereocenters. The predicted molar refractivity (Wildman–Crippen MR) is 107 cm³/mol. The highest BCUT2D eigenvalue weighted by molar-refractivity contribution is 5.94. The van der Waals surface area contributed by atoms with E-state index in [0.717, 1.165) is 24.3 Å². The minimum absolute atomic E-state index is 0.0569. The summed E-state index contributed by atoms with van der Waals surface area (Å²) in [5, 5.41) is 17.4. The van der Waals surface area contributed by atoms with E-state index in [9.17, 15) is 28.1 Å². The van der Waals surface area contributed by atoms with Crippen molar-refractivity contribution in [3.8, 4) is 11.4 Å². The molecule has 168 valence electrons. The topological polar surface area (TPSA) is 111 Å². The van der Waals surface area contributed by atoms with Crippen LogP contribution < -0.4 is 5.32 Å². The molecule has 0 saturated heterocycles. The Morgan fingerprint density at radius 1 is 1.16 bits per heavy atom. The summed E-state index contributed by atoms with van der Waals surface area (Å²) in [7, 11) is 0. The standard InChI is InChI=1S/C21H19F3N4O4/c1-3-12(2)17(25-19(29)14-4-8-15(9-5-14)21(22,23)24)20-26-18(27-32-20)13-6-10-16(11-7-13)28(30)31/h4-12,17H,3H2,1-2H3,(H,25,29). The summed E-state index contributed by atoms with van der Waals surface area (Å²) in [4.78, 5) is 27.2. The Hall–Kier alpha value is -3.76. The largest absolute Gasteiger partial charge is 0.416 e. The molecule has 11 heteroatoms. The number of nitrogens with zero attached hydrogens (tertiary/aromatic N) is 3. The molecule has 0 aliphatic rings. The van der Waals surface area contributed by atoms with E-state index in [4.69, 9.17) is 4.52 Å². The minimum atomic E-state index is -4.49. The molecule has 8 nitrogen and oxygen atoms in total. The normalized spacial score (nSPS) is 13.4. The van der Waals surface area contributed by atoms with Crippen LogP contribution in [0.15, 0.2) is 53.1 Å². The van der Waals surface area contributed by atoms with Crippen molar-refractivity contribution in [2.75, 3.05) is 0 Å². The molecule has 2 unspecified atom stereocenters. The van der Waals surface area contributed by atoms with Gasteiger partial charge in [0, 0.05) is 23.3 Å². The van der Waals surface area contributed by atoms with Gasteiger partial charge in [-0.25, -0.2) is 0 Å². The number of amides is 1. The Kier molecular flexibility index (Phi) is 6.56. The third-order valence-corrected chi connectivity index (χ3v) is 5.02. The van der Waals surface area contributed by atoms with E-state index in [0.29, 0.717) is 12.0 Å². The maximum absolute atomic E-state index is 12.7. The molecule has 1 N–H and O–H groups in total. The second-order valence-electron chi connectivity index (χ2n) is 7.17. The molecule has 0 fully saturated rings. The van der Waals surface area contributed by atoms with Crippen LogP contribution in [0.5, 0.6) is 0 Å². The lowest BCUT2D eigenvalue weighted by Crippen LogP contribution is -2.32. The minimum Gasteiger partial charge on any atom is -0.340 e. The monoisotopic (exact) mass is 448 g/mol. The van der Waals surface area contributed by atoms with Crippen molar-refractivity contribution in [1.29, 1.82) is 0 Å². The molecule has 0 radical (unpaired) electrons. The van der Waals surface area contributed by atoms with E-state index < -0.39 is 28.6 Å². The zero-order chi connectivity index (χ0) is 23.5. The predicted octanol–water partition coefficient (Wildman–Crippen LogP) is 5.18. The lowest BCUT2D eigenvalue weighted by molar-refractivity contribution is -0.384.